The number of hydrogen-bond acceptors (Lipinski definition) is 2. The highest BCUT2D eigenvalue weighted by Crippen LogP contribution is 2.66. The molecule has 4 heterocycles. The van der Waals surface area contributed by atoms with Gasteiger partial charge in [0, 0.05) is 21.8 Å². The van der Waals surface area contributed by atoms with E-state index in [-0.39, 0.29) is 16.2 Å². The molecule has 0 spiro atoms. The van der Waals surface area contributed by atoms with E-state index < -0.39 is 0 Å². The lowest BCUT2D eigenvalue weighted by molar-refractivity contribution is 0.557. The molecule has 0 amide bonds. The molecule has 0 bridgehead atoms. The van der Waals surface area contributed by atoms with Gasteiger partial charge in [0.25, 0.3) is 0 Å². The van der Waals surface area contributed by atoms with E-state index in [4.69, 9.17) is 4.98 Å². The van der Waals surface area contributed by atoms with Crippen LogP contribution in [0.4, 0.5) is 17.1 Å². The van der Waals surface area contributed by atoms with Gasteiger partial charge >= 0.3 is 0 Å². The summed E-state index contributed by atoms with van der Waals surface area (Å²) in [5.41, 5.74) is 21.0. The van der Waals surface area contributed by atoms with Crippen LogP contribution in [0.5, 0.6) is 0 Å². The molecule has 2 nitrogen and oxygen atoms in total. The molecule has 0 fully saturated rings. The molecule has 48 heavy (non-hydrogen) atoms. The van der Waals surface area contributed by atoms with Crippen molar-refractivity contribution >= 4 is 17.1 Å². The average Bonchev–Trinajstić information content (AvgIpc) is 3.07. The number of hydrogen-bond donors (Lipinski definition) is 0. The van der Waals surface area contributed by atoms with Crippen molar-refractivity contribution in [1.82, 2.24) is 4.98 Å². The van der Waals surface area contributed by atoms with Crippen LogP contribution in [0, 0.1) is 13.8 Å². The van der Waals surface area contributed by atoms with Crippen molar-refractivity contribution in [2.24, 2.45) is 0 Å². The standard InChI is InChI=1S/C46H42N2/c1-27-19-20-33(28(2)21-27)39-26-38-42-43(47-39)46(7,8)37-25-32(30-17-13-10-14-18-30)24-36-41(37)48(42)40-34(44(36,3)4)22-31(23-35(40)45(38,5)6)29-15-11-9-12-16-29/h9-26H,1-8H3. The van der Waals surface area contributed by atoms with Crippen LogP contribution in [-0.4, -0.2) is 4.98 Å². The smallest absolute Gasteiger partial charge is 0.0755 e. The van der Waals surface area contributed by atoms with Crippen molar-refractivity contribution in [3.8, 4) is 33.5 Å². The van der Waals surface area contributed by atoms with Gasteiger partial charge in [-0.05, 0) is 114 Å². The summed E-state index contributed by atoms with van der Waals surface area (Å²) in [4.78, 5) is 8.30. The van der Waals surface area contributed by atoms with E-state index in [1.54, 1.807) is 0 Å². The maximum Gasteiger partial charge on any atom is 0.0755 e. The Hall–Kier alpha value is -4.95. The summed E-state index contributed by atoms with van der Waals surface area (Å²) >= 11 is 0. The largest absolute Gasteiger partial charge is 0.307 e. The van der Waals surface area contributed by atoms with Crippen molar-refractivity contribution in [1.29, 1.82) is 0 Å². The second-order valence-corrected chi connectivity index (χ2v) is 15.9. The Morgan fingerprint density at radius 2 is 0.917 bits per heavy atom. The maximum atomic E-state index is 5.67. The van der Waals surface area contributed by atoms with Gasteiger partial charge in [0.2, 0.25) is 0 Å². The first-order valence-electron chi connectivity index (χ1n) is 17.3. The number of anilines is 3. The molecule has 0 radical (unpaired) electrons. The fraction of sp³-hybridized carbons (Fsp3) is 0.239. The molecular formula is C46H42N2. The fourth-order valence-electron chi connectivity index (χ4n) is 8.92. The van der Waals surface area contributed by atoms with Gasteiger partial charge in [0.1, 0.15) is 0 Å². The summed E-state index contributed by atoms with van der Waals surface area (Å²) in [5, 5.41) is 0. The first kappa shape index (κ1) is 29.2. The molecule has 5 aromatic carbocycles. The van der Waals surface area contributed by atoms with Crippen LogP contribution in [0.25, 0.3) is 33.5 Å². The summed E-state index contributed by atoms with van der Waals surface area (Å²) in [6, 6.07) is 40.9. The average molecular weight is 623 g/mol. The highest BCUT2D eigenvalue weighted by molar-refractivity contribution is 6.00. The van der Waals surface area contributed by atoms with Crippen molar-refractivity contribution in [3.63, 3.8) is 0 Å². The van der Waals surface area contributed by atoms with Crippen LogP contribution < -0.4 is 4.90 Å². The summed E-state index contributed by atoms with van der Waals surface area (Å²) in [6.07, 6.45) is 0. The third-order valence-corrected chi connectivity index (χ3v) is 11.7. The normalized spacial score (nSPS) is 16.8. The minimum Gasteiger partial charge on any atom is -0.307 e. The molecule has 0 saturated carbocycles. The molecule has 6 aromatic rings. The van der Waals surface area contributed by atoms with E-state index in [1.165, 1.54) is 83.8 Å². The number of nitrogens with zero attached hydrogens (tertiary/aromatic N) is 2. The van der Waals surface area contributed by atoms with E-state index in [1.807, 2.05) is 0 Å². The molecule has 0 saturated heterocycles. The predicted molar refractivity (Wildman–Crippen MR) is 201 cm³/mol. The van der Waals surface area contributed by atoms with Crippen molar-refractivity contribution in [2.45, 2.75) is 71.6 Å². The zero-order valence-electron chi connectivity index (χ0n) is 29.3. The zero-order valence-corrected chi connectivity index (χ0v) is 29.3. The quantitative estimate of drug-likeness (QED) is 0.195. The Balaban J connectivity index is 1.44. The second-order valence-electron chi connectivity index (χ2n) is 15.9. The van der Waals surface area contributed by atoms with Crippen LogP contribution in [0.2, 0.25) is 0 Å². The molecule has 236 valence electrons. The molecule has 3 aliphatic heterocycles. The minimum absolute atomic E-state index is 0.228. The Labute approximate surface area is 285 Å². The monoisotopic (exact) mass is 622 g/mol. The van der Waals surface area contributed by atoms with Crippen LogP contribution in [0.15, 0.2) is 109 Å². The van der Waals surface area contributed by atoms with E-state index >= 15 is 0 Å². The lowest BCUT2D eigenvalue weighted by Crippen LogP contribution is -2.44. The number of aromatic nitrogens is 1. The Bertz CT molecular complexity index is 2190. The lowest BCUT2D eigenvalue weighted by Gasteiger charge is -2.55. The molecule has 9 rings (SSSR count). The van der Waals surface area contributed by atoms with E-state index in [9.17, 15) is 0 Å². The van der Waals surface area contributed by atoms with Crippen LogP contribution in [-0.2, 0) is 16.2 Å². The molecule has 2 heteroatoms. The molecule has 1 aromatic heterocycles. The van der Waals surface area contributed by atoms with Crippen LogP contribution in [0.3, 0.4) is 0 Å². The highest BCUT2D eigenvalue weighted by atomic mass is 15.2. The maximum absolute atomic E-state index is 5.67. The minimum atomic E-state index is -0.324. The van der Waals surface area contributed by atoms with E-state index in [0.717, 1.165) is 11.4 Å². The van der Waals surface area contributed by atoms with E-state index in [2.05, 4.69) is 169 Å². The predicted octanol–water partition coefficient (Wildman–Crippen LogP) is 12.1. The Kier molecular flexibility index (Phi) is 5.82. The van der Waals surface area contributed by atoms with Gasteiger partial charge in [-0.15, -0.1) is 0 Å². The molecule has 3 aliphatic rings. The van der Waals surface area contributed by atoms with Gasteiger partial charge in [-0.3, -0.25) is 0 Å². The topological polar surface area (TPSA) is 16.1 Å². The third kappa shape index (κ3) is 3.78. The number of rotatable bonds is 3. The lowest BCUT2D eigenvalue weighted by atomic mass is 9.61. The van der Waals surface area contributed by atoms with Gasteiger partial charge in [-0.1, -0.05) is 112 Å². The van der Waals surface area contributed by atoms with Crippen molar-refractivity contribution in [3.05, 3.63) is 154 Å². The van der Waals surface area contributed by atoms with Crippen LogP contribution in [0.1, 0.15) is 86.2 Å². The van der Waals surface area contributed by atoms with E-state index in [0.29, 0.717) is 0 Å². The van der Waals surface area contributed by atoms with Gasteiger partial charge in [-0.25, -0.2) is 4.98 Å². The Morgan fingerprint density at radius 1 is 0.458 bits per heavy atom. The SMILES string of the molecule is Cc1ccc(-c2cc3c4c(n2)C(C)(C)c2cc(-c5ccccc5)cc5c2N4c2c(cc(-c4ccccc4)cc2C3(C)C)C5(C)C)c(C)c1. The van der Waals surface area contributed by atoms with Gasteiger partial charge < -0.3 is 4.90 Å². The third-order valence-electron chi connectivity index (χ3n) is 11.7. The summed E-state index contributed by atoms with van der Waals surface area (Å²) < 4.78 is 0. The Morgan fingerprint density at radius 3 is 1.40 bits per heavy atom. The zero-order chi connectivity index (χ0) is 33.3. The van der Waals surface area contributed by atoms with Gasteiger partial charge in [0.15, 0.2) is 0 Å². The fourth-order valence-corrected chi connectivity index (χ4v) is 8.92. The second kappa shape index (κ2) is 9.57. The molecule has 0 atom stereocenters. The first-order chi connectivity index (χ1) is 22.9. The van der Waals surface area contributed by atoms with Gasteiger partial charge in [0.05, 0.1) is 28.5 Å². The first-order valence-corrected chi connectivity index (χ1v) is 17.3. The summed E-state index contributed by atoms with van der Waals surface area (Å²) in [6.45, 7) is 18.9. The van der Waals surface area contributed by atoms with Crippen molar-refractivity contribution in [2.75, 3.05) is 4.90 Å². The number of benzene rings is 5. The molecule has 0 unspecified atom stereocenters. The molecule has 0 aliphatic carbocycles. The molecular weight excluding hydrogens is 581 g/mol. The van der Waals surface area contributed by atoms with Gasteiger partial charge in [-0.2, -0.15) is 0 Å². The number of pyridine rings is 1. The summed E-state index contributed by atoms with van der Waals surface area (Å²) in [7, 11) is 0. The molecule has 0 N–H and O–H groups in total. The highest BCUT2D eigenvalue weighted by Gasteiger charge is 2.53. The summed E-state index contributed by atoms with van der Waals surface area (Å²) in [5.74, 6) is 0. The van der Waals surface area contributed by atoms with Crippen molar-refractivity contribution < 1.29 is 0 Å². The van der Waals surface area contributed by atoms with Crippen LogP contribution >= 0.6 is 0 Å². The number of aryl methyl sites for hydroxylation is 2.